The first-order valence-corrected chi connectivity index (χ1v) is 8.40. The molecule has 8 nitrogen and oxygen atoms in total. The lowest BCUT2D eigenvalue weighted by atomic mass is 10.1. The highest BCUT2D eigenvalue weighted by Gasteiger charge is 2.15. The highest BCUT2D eigenvalue weighted by atomic mass is 16.5. The average Bonchev–Trinajstić information content (AvgIpc) is 3.10. The van der Waals surface area contributed by atoms with Crippen molar-refractivity contribution >= 4 is 22.7 Å². The number of amides is 2. The van der Waals surface area contributed by atoms with Gasteiger partial charge in [-0.05, 0) is 23.8 Å². The van der Waals surface area contributed by atoms with E-state index in [4.69, 9.17) is 9.47 Å². The summed E-state index contributed by atoms with van der Waals surface area (Å²) in [6, 6.07) is 10.9. The maximum atomic E-state index is 12.3. The van der Waals surface area contributed by atoms with E-state index >= 15 is 0 Å². The summed E-state index contributed by atoms with van der Waals surface area (Å²) in [6.45, 7) is 0.639. The fourth-order valence-corrected chi connectivity index (χ4v) is 2.59. The second-order valence-corrected chi connectivity index (χ2v) is 5.74. The number of hydrazine groups is 1. The second-order valence-electron chi connectivity index (χ2n) is 5.74. The van der Waals surface area contributed by atoms with Crippen molar-refractivity contribution in [1.29, 1.82) is 0 Å². The zero-order valence-electron chi connectivity index (χ0n) is 14.8. The molecule has 1 aromatic carbocycles. The zero-order valence-corrected chi connectivity index (χ0v) is 14.8. The summed E-state index contributed by atoms with van der Waals surface area (Å²) in [7, 11) is 1.55. The summed E-state index contributed by atoms with van der Waals surface area (Å²) in [6.07, 6.45) is 3.44. The fraction of sp³-hybridized carbons (Fsp3) is 0.211. The molecule has 0 atom stereocenters. The lowest BCUT2D eigenvalue weighted by molar-refractivity contribution is -0.121. The van der Waals surface area contributed by atoms with E-state index in [2.05, 4.69) is 20.8 Å². The number of methoxy groups -OCH3 is 1. The lowest BCUT2D eigenvalue weighted by Crippen LogP contribution is -2.42. The third-order valence-electron chi connectivity index (χ3n) is 3.88. The van der Waals surface area contributed by atoms with Gasteiger partial charge in [0.25, 0.3) is 5.91 Å². The van der Waals surface area contributed by atoms with E-state index in [0.29, 0.717) is 6.61 Å². The number of nitrogens with one attached hydrogen (secondary N) is 3. The normalized spacial score (nSPS) is 10.6. The number of pyridine rings is 1. The highest BCUT2D eigenvalue weighted by molar-refractivity contribution is 5.97. The highest BCUT2D eigenvalue weighted by Crippen LogP contribution is 2.18. The van der Waals surface area contributed by atoms with Crippen LogP contribution < -0.4 is 15.6 Å². The molecule has 2 aromatic heterocycles. The van der Waals surface area contributed by atoms with Crippen molar-refractivity contribution in [3.05, 3.63) is 59.9 Å². The van der Waals surface area contributed by atoms with E-state index in [1.807, 2.05) is 24.3 Å². The van der Waals surface area contributed by atoms with Gasteiger partial charge in [-0.15, -0.1) is 0 Å². The van der Waals surface area contributed by atoms with Gasteiger partial charge in [-0.3, -0.25) is 20.4 Å². The van der Waals surface area contributed by atoms with E-state index < -0.39 is 5.91 Å². The molecule has 3 N–H and O–H groups in total. The molecule has 0 spiro atoms. The van der Waals surface area contributed by atoms with Gasteiger partial charge in [0, 0.05) is 30.4 Å². The molecular formula is C19H20N4O4. The first kappa shape index (κ1) is 18.4. The van der Waals surface area contributed by atoms with E-state index in [1.54, 1.807) is 25.4 Å². The van der Waals surface area contributed by atoms with Gasteiger partial charge in [0.05, 0.1) is 13.0 Å². The van der Waals surface area contributed by atoms with Crippen molar-refractivity contribution in [2.24, 2.45) is 0 Å². The van der Waals surface area contributed by atoms with Gasteiger partial charge in [0.2, 0.25) is 11.8 Å². The average molecular weight is 368 g/mol. The number of carbonyl (C=O) groups is 2. The number of benzene rings is 1. The molecule has 0 saturated heterocycles. The van der Waals surface area contributed by atoms with Gasteiger partial charge in [-0.25, -0.2) is 4.98 Å². The lowest BCUT2D eigenvalue weighted by Gasteiger charge is -2.11. The van der Waals surface area contributed by atoms with Crippen LogP contribution in [-0.4, -0.2) is 42.1 Å². The molecule has 0 aliphatic heterocycles. The topological polar surface area (TPSA) is 105 Å². The van der Waals surface area contributed by atoms with Gasteiger partial charge in [0.1, 0.15) is 12.2 Å². The molecule has 0 unspecified atom stereocenters. The number of aromatic nitrogens is 2. The van der Waals surface area contributed by atoms with Crippen LogP contribution in [-0.2, 0) is 16.0 Å². The summed E-state index contributed by atoms with van der Waals surface area (Å²) in [4.78, 5) is 31.7. The van der Waals surface area contributed by atoms with Crippen LogP contribution in [0, 0.1) is 0 Å². The minimum Gasteiger partial charge on any atom is -0.475 e. The molecule has 27 heavy (non-hydrogen) atoms. The Morgan fingerprint density at radius 2 is 1.96 bits per heavy atom. The SMILES string of the molecule is COCCOc1ncccc1C(=O)NNC(=O)Cc1c[nH]c2ccccc12. The third kappa shape index (κ3) is 4.62. The molecule has 0 aliphatic carbocycles. The van der Waals surface area contributed by atoms with Crippen molar-refractivity contribution in [2.75, 3.05) is 20.3 Å². The van der Waals surface area contributed by atoms with Crippen LogP contribution >= 0.6 is 0 Å². The van der Waals surface area contributed by atoms with E-state index in [0.717, 1.165) is 16.5 Å². The Balaban J connectivity index is 1.58. The maximum absolute atomic E-state index is 12.3. The Labute approximate surface area is 155 Å². The van der Waals surface area contributed by atoms with Crippen molar-refractivity contribution in [3.8, 4) is 5.88 Å². The molecule has 0 aliphatic rings. The molecule has 8 heteroatoms. The van der Waals surface area contributed by atoms with Crippen LogP contribution in [0.2, 0.25) is 0 Å². The van der Waals surface area contributed by atoms with E-state index in [-0.39, 0.29) is 30.4 Å². The largest absolute Gasteiger partial charge is 0.475 e. The molecule has 140 valence electrons. The summed E-state index contributed by atoms with van der Waals surface area (Å²) >= 11 is 0. The van der Waals surface area contributed by atoms with Crippen LogP contribution in [0.5, 0.6) is 5.88 Å². The molecule has 0 saturated carbocycles. The number of hydrogen-bond acceptors (Lipinski definition) is 5. The third-order valence-corrected chi connectivity index (χ3v) is 3.88. The number of aromatic amines is 1. The molecule has 2 amide bonds. The molecule has 2 heterocycles. The van der Waals surface area contributed by atoms with E-state index in [1.165, 1.54) is 6.20 Å². The number of carbonyl (C=O) groups excluding carboxylic acids is 2. The van der Waals surface area contributed by atoms with Crippen molar-refractivity contribution in [3.63, 3.8) is 0 Å². The quantitative estimate of drug-likeness (QED) is 0.434. The van der Waals surface area contributed by atoms with E-state index in [9.17, 15) is 9.59 Å². The molecule has 3 rings (SSSR count). The molecule has 0 bridgehead atoms. The van der Waals surface area contributed by atoms with Crippen LogP contribution in [0.15, 0.2) is 48.8 Å². The van der Waals surface area contributed by atoms with Gasteiger partial charge >= 0.3 is 0 Å². The maximum Gasteiger partial charge on any atom is 0.275 e. The first-order chi connectivity index (χ1) is 13.2. The second kappa shape index (κ2) is 8.81. The number of H-pyrrole nitrogens is 1. The molecular weight excluding hydrogens is 348 g/mol. The number of para-hydroxylation sites is 1. The van der Waals surface area contributed by atoms with Crippen LogP contribution in [0.3, 0.4) is 0 Å². The van der Waals surface area contributed by atoms with Crippen LogP contribution in [0.25, 0.3) is 10.9 Å². The summed E-state index contributed by atoms with van der Waals surface area (Å²) < 4.78 is 10.3. The monoisotopic (exact) mass is 368 g/mol. The Morgan fingerprint density at radius 3 is 2.81 bits per heavy atom. The first-order valence-electron chi connectivity index (χ1n) is 8.40. The number of nitrogens with zero attached hydrogens (tertiary/aromatic N) is 1. The number of rotatable bonds is 7. The van der Waals surface area contributed by atoms with Gasteiger partial charge in [-0.2, -0.15) is 0 Å². The van der Waals surface area contributed by atoms with Crippen LogP contribution in [0.1, 0.15) is 15.9 Å². The predicted molar refractivity (Wildman–Crippen MR) is 99.2 cm³/mol. The summed E-state index contributed by atoms with van der Waals surface area (Å²) in [5.41, 5.74) is 6.84. The van der Waals surface area contributed by atoms with Crippen LogP contribution in [0.4, 0.5) is 0 Å². The predicted octanol–water partition coefficient (Wildman–Crippen LogP) is 1.59. The summed E-state index contributed by atoms with van der Waals surface area (Å²) in [5, 5.41) is 0.972. The van der Waals surface area contributed by atoms with Crippen molar-refractivity contribution < 1.29 is 19.1 Å². The minimum absolute atomic E-state index is 0.133. The molecule has 0 fully saturated rings. The number of ether oxygens (including phenoxy) is 2. The minimum atomic E-state index is -0.511. The van der Waals surface area contributed by atoms with Gasteiger partial charge < -0.3 is 14.5 Å². The Hall–Kier alpha value is -3.39. The number of hydrogen-bond donors (Lipinski definition) is 3. The molecule has 0 radical (unpaired) electrons. The van der Waals surface area contributed by atoms with Crippen molar-refractivity contribution in [1.82, 2.24) is 20.8 Å². The number of fused-ring (bicyclic) bond motifs is 1. The summed E-state index contributed by atoms with van der Waals surface area (Å²) in [5.74, 6) is -0.667. The zero-order chi connectivity index (χ0) is 19.1. The Bertz CT molecular complexity index is 938. The van der Waals surface area contributed by atoms with Gasteiger partial charge in [-0.1, -0.05) is 18.2 Å². The molecule has 3 aromatic rings. The Kier molecular flexibility index (Phi) is 6.01. The van der Waals surface area contributed by atoms with Crippen molar-refractivity contribution in [2.45, 2.75) is 6.42 Å². The smallest absolute Gasteiger partial charge is 0.275 e. The standard InChI is InChI=1S/C19H20N4O4/c1-26-9-10-27-19-15(6-4-8-20-19)18(25)23-22-17(24)11-13-12-21-16-7-3-2-5-14(13)16/h2-8,12,21H,9-11H2,1H3,(H,22,24)(H,23,25). The van der Waals surface area contributed by atoms with Gasteiger partial charge in [0.15, 0.2) is 0 Å². The fourth-order valence-electron chi connectivity index (χ4n) is 2.59. The Morgan fingerprint density at radius 1 is 1.11 bits per heavy atom.